The third-order valence-corrected chi connectivity index (χ3v) is 1.83. The molecule has 0 saturated carbocycles. The van der Waals surface area contributed by atoms with Gasteiger partial charge >= 0.3 is 0 Å². The van der Waals surface area contributed by atoms with Gasteiger partial charge in [-0.25, -0.2) is 4.39 Å². The Kier molecular flexibility index (Phi) is 4.38. The van der Waals surface area contributed by atoms with E-state index in [9.17, 15) is 4.39 Å². The Morgan fingerprint density at radius 3 is 2.94 bits per heavy atom. The van der Waals surface area contributed by atoms with Gasteiger partial charge in [0.15, 0.2) is 17.4 Å². The van der Waals surface area contributed by atoms with Gasteiger partial charge in [0.2, 0.25) is 0 Å². The van der Waals surface area contributed by atoms with Crippen LogP contribution in [0, 0.1) is 5.82 Å². The van der Waals surface area contributed by atoms with E-state index in [0.29, 0.717) is 12.3 Å². The number of anilines is 1. The average molecular weight is 227 g/mol. The number of nitrogens with zero attached hydrogens (tertiary/aromatic N) is 1. The van der Waals surface area contributed by atoms with E-state index in [1.54, 1.807) is 13.0 Å². The molecule has 1 aromatic rings. The Hall–Kier alpha value is -1.98. The molecule has 0 aliphatic carbocycles. The van der Waals surface area contributed by atoms with Crippen LogP contribution in [0.5, 0.6) is 5.75 Å². The summed E-state index contributed by atoms with van der Waals surface area (Å²) in [6.45, 7) is 2.34. The molecule has 0 spiro atoms. The third kappa shape index (κ3) is 3.30. The predicted octanol–water partition coefficient (Wildman–Crippen LogP) is 1.38. The maximum atomic E-state index is 13.4. The van der Waals surface area contributed by atoms with Crippen molar-refractivity contribution < 1.29 is 14.3 Å². The minimum absolute atomic E-state index is 0.0225. The van der Waals surface area contributed by atoms with Crippen LogP contribution in [0.4, 0.5) is 10.1 Å². The van der Waals surface area contributed by atoms with Gasteiger partial charge in [0.05, 0.1) is 13.2 Å². The molecule has 0 amide bonds. The minimum atomic E-state index is -0.452. The lowest BCUT2D eigenvalue weighted by molar-refractivity contribution is 0.317. The first-order chi connectivity index (χ1) is 7.67. The maximum absolute atomic E-state index is 13.4. The number of benzene rings is 1. The Morgan fingerprint density at radius 2 is 2.38 bits per heavy atom. The number of nitrogens with one attached hydrogen (secondary N) is 1. The fraction of sp³-hybridized carbons (Fsp3) is 0.300. The van der Waals surface area contributed by atoms with Gasteiger partial charge in [-0.05, 0) is 19.1 Å². The summed E-state index contributed by atoms with van der Waals surface area (Å²) in [5.74, 6) is -0.225. The van der Waals surface area contributed by atoms with Gasteiger partial charge < -0.3 is 21.0 Å². The second-order valence-electron chi connectivity index (χ2n) is 3.02. The third-order valence-electron chi connectivity index (χ3n) is 1.83. The lowest BCUT2D eigenvalue weighted by Gasteiger charge is -2.08. The SMILES string of the molecule is CCOc1ccc(NC/C(N)=N/O)cc1F. The van der Waals surface area contributed by atoms with E-state index < -0.39 is 5.82 Å². The largest absolute Gasteiger partial charge is 0.491 e. The van der Waals surface area contributed by atoms with Crippen molar-refractivity contribution in [2.24, 2.45) is 10.9 Å². The van der Waals surface area contributed by atoms with E-state index in [-0.39, 0.29) is 18.1 Å². The van der Waals surface area contributed by atoms with Crippen molar-refractivity contribution in [3.63, 3.8) is 0 Å². The van der Waals surface area contributed by atoms with Crippen LogP contribution in [0.25, 0.3) is 0 Å². The van der Waals surface area contributed by atoms with Crippen molar-refractivity contribution in [1.29, 1.82) is 0 Å². The molecule has 0 aliphatic rings. The highest BCUT2D eigenvalue weighted by Crippen LogP contribution is 2.20. The number of amidine groups is 1. The molecule has 0 heterocycles. The van der Waals surface area contributed by atoms with Crippen LogP contribution >= 0.6 is 0 Å². The summed E-state index contributed by atoms with van der Waals surface area (Å²) < 4.78 is 18.4. The van der Waals surface area contributed by atoms with Crippen molar-refractivity contribution in [3.8, 4) is 5.75 Å². The Balaban J connectivity index is 2.66. The van der Waals surface area contributed by atoms with E-state index in [1.807, 2.05) is 0 Å². The molecule has 0 saturated heterocycles. The van der Waals surface area contributed by atoms with Crippen LogP contribution in [-0.4, -0.2) is 24.2 Å². The first kappa shape index (κ1) is 12.1. The molecule has 0 aliphatic heterocycles. The van der Waals surface area contributed by atoms with Gasteiger partial charge in [0.1, 0.15) is 0 Å². The van der Waals surface area contributed by atoms with Gasteiger partial charge in [-0.3, -0.25) is 0 Å². The first-order valence-electron chi connectivity index (χ1n) is 4.80. The Bertz CT molecular complexity index is 382. The summed E-state index contributed by atoms with van der Waals surface area (Å²) in [7, 11) is 0. The zero-order valence-electron chi connectivity index (χ0n) is 8.90. The van der Waals surface area contributed by atoms with E-state index >= 15 is 0 Å². The van der Waals surface area contributed by atoms with E-state index in [4.69, 9.17) is 15.7 Å². The lowest BCUT2D eigenvalue weighted by atomic mass is 10.3. The predicted molar refractivity (Wildman–Crippen MR) is 59.5 cm³/mol. The normalized spacial score (nSPS) is 11.2. The molecular formula is C10H14FN3O2. The number of nitrogens with two attached hydrogens (primary N) is 1. The molecule has 16 heavy (non-hydrogen) atoms. The summed E-state index contributed by atoms with van der Waals surface area (Å²) in [6, 6.07) is 4.46. The van der Waals surface area contributed by atoms with Gasteiger partial charge in [0.25, 0.3) is 0 Å². The van der Waals surface area contributed by atoms with Gasteiger partial charge in [-0.1, -0.05) is 5.16 Å². The van der Waals surface area contributed by atoms with Crippen LogP contribution in [0.2, 0.25) is 0 Å². The van der Waals surface area contributed by atoms with Crippen LogP contribution in [0.3, 0.4) is 0 Å². The lowest BCUT2D eigenvalue weighted by Crippen LogP contribution is -2.22. The molecule has 1 rings (SSSR count). The van der Waals surface area contributed by atoms with Crippen molar-refractivity contribution in [2.45, 2.75) is 6.92 Å². The number of oxime groups is 1. The molecule has 1 aromatic carbocycles. The van der Waals surface area contributed by atoms with Crippen molar-refractivity contribution in [1.82, 2.24) is 0 Å². The summed E-state index contributed by atoms with van der Waals surface area (Å²) >= 11 is 0. The molecule has 0 bridgehead atoms. The number of hydrogen-bond donors (Lipinski definition) is 3. The molecule has 0 unspecified atom stereocenters. The zero-order chi connectivity index (χ0) is 12.0. The van der Waals surface area contributed by atoms with Crippen LogP contribution in [-0.2, 0) is 0 Å². The molecule has 4 N–H and O–H groups in total. The van der Waals surface area contributed by atoms with Crippen LogP contribution in [0.15, 0.2) is 23.4 Å². The van der Waals surface area contributed by atoms with Gasteiger partial charge in [-0.2, -0.15) is 0 Å². The highest BCUT2D eigenvalue weighted by Gasteiger charge is 2.04. The molecule has 0 fully saturated rings. The molecule has 0 aromatic heterocycles. The Labute approximate surface area is 92.7 Å². The van der Waals surface area contributed by atoms with E-state index in [0.717, 1.165) is 0 Å². The summed E-state index contributed by atoms with van der Waals surface area (Å²) in [5.41, 5.74) is 5.79. The zero-order valence-corrected chi connectivity index (χ0v) is 8.90. The molecule has 5 nitrogen and oxygen atoms in total. The summed E-state index contributed by atoms with van der Waals surface area (Å²) in [6.07, 6.45) is 0. The topological polar surface area (TPSA) is 79.9 Å². The monoisotopic (exact) mass is 227 g/mol. The molecule has 88 valence electrons. The number of halogens is 1. The van der Waals surface area contributed by atoms with E-state index in [1.165, 1.54) is 12.1 Å². The summed E-state index contributed by atoms with van der Waals surface area (Å²) in [5, 5.41) is 13.9. The fourth-order valence-electron chi connectivity index (χ4n) is 1.11. The first-order valence-corrected chi connectivity index (χ1v) is 4.80. The number of rotatable bonds is 5. The molecular weight excluding hydrogens is 213 g/mol. The fourth-order valence-corrected chi connectivity index (χ4v) is 1.11. The van der Waals surface area contributed by atoms with Crippen molar-refractivity contribution >= 4 is 11.5 Å². The van der Waals surface area contributed by atoms with Crippen molar-refractivity contribution in [2.75, 3.05) is 18.5 Å². The summed E-state index contributed by atoms with van der Waals surface area (Å²) in [4.78, 5) is 0. The second kappa shape index (κ2) is 5.79. The number of hydrogen-bond acceptors (Lipinski definition) is 4. The smallest absolute Gasteiger partial charge is 0.167 e. The quantitative estimate of drug-likeness (QED) is 0.307. The highest BCUT2D eigenvalue weighted by molar-refractivity contribution is 5.84. The van der Waals surface area contributed by atoms with E-state index in [2.05, 4.69) is 10.5 Å². The molecule has 6 heteroatoms. The van der Waals surface area contributed by atoms with Gasteiger partial charge in [-0.15, -0.1) is 0 Å². The maximum Gasteiger partial charge on any atom is 0.167 e. The Morgan fingerprint density at radius 1 is 1.62 bits per heavy atom. The second-order valence-corrected chi connectivity index (χ2v) is 3.02. The van der Waals surface area contributed by atoms with Crippen molar-refractivity contribution in [3.05, 3.63) is 24.0 Å². The van der Waals surface area contributed by atoms with Gasteiger partial charge in [0, 0.05) is 11.8 Å². The molecule has 0 radical (unpaired) electrons. The highest BCUT2D eigenvalue weighted by atomic mass is 19.1. The molecule has 0 atom stereocenters. The number of ether oxygens (including phenoxy) is 1. The van der Waals surface area contributed by atoms with Crippen LogP contribution < -0.4 is 15.8 Å². The average Bonchev–Trinajstić information content (AvgIpc) is 2.29. The standard InChI is InChI=1S/C10H14FN3O2/c1-2-16-9-4-3-7(5-8(9)11)13-6-10(12)14-15/h3-5,13,15H,2,6H2,1H3,(H2,12,14). The van der Waals surface area contributed by atoms with Crippen LogP contribution in [0.1, 0.15) is 6.92 Å². The minimum Gasteiger partial charge on any atom is -0.491 e.